The number of imidazole rings is 1. The van der Waals surface area contributed by atoms with Gasteiger partial charge in [0.05, 0.1) is 0 Å². The number of carbonyl (C=O) groups excluding carboxylic acids is 1. The van der Waals surface area contributed by atoms with Gasteiger partial charge in [-0.2, -0.15) is 0 Å². The molecular weight excluding hydrogens is 376 g/mol. The van der Waals surface area contributed by atoms with E-state index < -0.39 is 0 Å². The molecule has 0 unspecified atom stereocenters. The molecule has 2 aromatic rings. The summed E-state index contributed by atoms with van der Waals surface area (Å²) < 4.78 is 7.70. The lowest BCUT2D eigenvalue weighted by Crippen LogP contribution is -2.45. The third kappa shape index (κ3) is 5.63. The number of aromatic nitrogens is 2. The smallest absolute Gasteiger partial charge is 0.251 e. The highest BCUT2D eigenvalue weighted by molar-refractivity contribution is 5.94. The third-order valence-electron chi connectivity index (χ3n) is 6.57. The summed E-state index contributed by atoms with van der Waals surface area (Å²) >= 11 is 0. The standard InChI is InChI=1S/C24H34N4O2/c1-27-16-13-25-23(27)18-30-22-9-7-20(8-10-22)24(29)26-21-11-14-28(15-12-21)17-19-5-3-2-4-6-19/h7-10,13,16,19,21H,2-6,11-12,14-15,17-18H2,1H3,(H,26,29). The fourth-order valence-electron chi connectivity index (χ4n) is 4.65. The van der Waals surface area contributed by atoms with Crippen molar-refractivity contribution < 1.29 is 9.53 Å². The predicted octanol–water partition coefficient (Wildman–Crippen LogP) is 3.77. The van der Waals surface area contributed by atoms with Crippen molar-refractivity contribution in [3.05, 3.63) is 48.0 Å². The van der Waals surface area contributed by atoms with Crippen LogP contribution in [0, 0.1) is 5.92 Å². The maximum atomic E-state index is 12.6. The van der Waals surface area contributed by atoms with E-state index in [2.05, 4.69) is 15.2 Å². The van der Waals surface area contributed by atoms with Crippen LogP contribution in [0.4, 0.5) is 0 Å². The lowest BCUT2D eigenvalue weighted by Gasteiger charge is -2.35. The van der Waals surface area contributed by atoms with Crippen molar-refractivity contribution in [2.75, 3.05) is 19.6 Å². The number of ether oxygens (including phenoxy) is 1. The first-order valence-electron chi connectivity index (χ1n) is 11.4. The number of amides is 1. The van der Waals surface area contributed by atoms with Crippen molar-refractivity contribution in [3.63, 3.8) is 0 Å². The maximum absolute atomic E-state index is 12.6. The zero-order valence-electron chi connectivity index (χ0n) is 18.1. The maximum Gasteiger partial charge on any atom is 0.251 e. The number of carbonyl (C=O) groups is 1. The van der Waals surface area contributed by atoms with Crippen LogP contribution in [-0.2, 0) is 13.7 Å². The fraction of sp³-hybridized carbons (Fsp3) is 0.583. The monoisotopic (exact) mass is 410 g/mol. The summed E-state index contributed by atoms with van der Waals surface area (Å²) in [4.78, 5) is 19.5. The Hall–Kier alpha value is -2.34. The van der Waals surface area contributed by atoms with E-state index in [-0.39, 0.29) is 11.9 Å². The molecule has 162 valence electrons. The molecule has 2 aliphatic rings. The molecule has 0 bridgehead atoms. The van der Waals surface area contributed by atoms with Gasteiger partial charge >= 0.3 is 0 Å². The van der Waals surface area contributed by atoms with Gasteiger partial charge in [-0.25, -0.2) is 4.98 Å². The second-order valence-electron chi connectivity index (χ2n) is 8.82. The SMILES string of the molecule is Cn1ccnc1COc1ccc(C(=O)NC2CCN(CC3CCCCC3)CC2)cc1. The molecule has 0 radical (unpaired) electrons. The first kappa shape index (κ1) is 20.9. The zero-order chi connectivity index (χ0) is 20.8. The molecule has 1 amide bonds. The van der Waals surface area contributed by atoms with Gasteiger partial charge in [-0.3, -0.25) is 4.79 Å². The molecule has 6 nitrogen and oxygen atoms in total. The summed E-state index contributed by atoms with van der Waals surface area (Å²) in [5.74, 6) is 2.51. The number of nitrogens with zero attached hydrogens (tertiary/aromatic N) is 3. The predicted molar refractivity (Wildman–Crippen MR) is 117 cm³/mol. The minimum absolute atomic E-state index is 0.0105. The van der Waals surface area contributed by atoms with E-state index in [0.717, 1.165) is 43.4 Å². The Labute approximate surface area is 179 Å². The van der Waals surface area contributed by atoms with Gasteiger partial charge in [0.1, 0.15) is 18.2 Å². The van der Waals surface area contributed by atoms with Crippen molar-refractivity contribution in [1.29, 1.82) is 0 Å². The van der Waals surface area contributed by atoms with Crippen molar-refractivity contribution in [2.45, 2.75) is 57.6 Å². The summed E-state index contributed by atoms with van der Waals surface area (Å²) in [5, 5.41) is 3.22. The van der Waals surface area contributed by atoms with E-state index >= 15 is 0 Å². The van der Waals surface area contributed by atoms with Gasteiger partial charge in [-0.1, -0.05) is 19.3 Å². The molecule has 4 rings (SSSR count). The number of rotatable bonds is 7. The minimum Gasteiger partial charge on any atom is -0.486 e. The summed E-state index contributed by atoms with van der Waals surface area (Å²) in [5.41, 5.74) is 0.684. The Morgan fingerprint density at radius 2 is 1.83 bits per heavy atom. The molecular formula is C24H34N4O2. The minimum atomic E-state index is 0.0105. The van der Waals surface area contributed by atoms with E-state index in [1.165, 1.54) is 38.6 Å². The molecule has 1 aromatic carbocycles. The summed E-state index contributed by atoms with van der Waals surface area (Å²) in [6.45, 7) is 3.86. The highest BCUT2D eigenvalue weighted by Crippen LogP contribution is 2.25. The van der Waals surface area contributed by atoms with Crippen molar-refractivity contribution >= 4 is 5.91 Å². The Morgan fingerprint density at radius 3 is 2.50 bits per heavy atom. The number of hydrogen-bond donors (Lipinski definition) is 1. The Morgan fingerprint density at radius 1 is 1.10 bits per heavy atom. The van der Waals surface area contributed by atoms with Crippen LogP contribution in [-0.4, -0.2) is 46.0 Å². The molecule has 1 aliphatic heterocycles. The van der Waals surface area contributed by atoms with Gasteiger partial charge in [0.2, 0.25) is 0 Å². The number of benzene rings is 1. The van der Waals surface area contributed by atoms with Crippen molar-refractivity contribution in [3.8, 4) is 5.75 Å². The molecule has 2 fully saturated rings. The molecule has 1 saturated carbocycles. The van der Waals surface area contributed by atoms with Crippen LogP contribution in [0.25, 0.3) is 0 Å². The Kier molecular flexibility index (Phi) is 7.05. The summed E-state index contributed by atoms with van der Waals surface area (Å²) in [6.07, 6.45) is 12.8. The van der Waals surface area contributed by atoms with Crippen LogP contribution in [0.3, 0.4) is 0 Å². The molecule has 2 heterocycles. The largest absolute Gasteiger partial charge is 0.486 e. The Bertz CT molecular complexity index is 803. The topological polar surface area (TPSA) is 59.4 Å². The fourth-order valence-corrected chi connectivity index (χ4v) is 4.65. The van der Waals surface area contributed by atoms with E-state index in [1.807, 2.05) is 42.1 Å². The van der Waals surface area contributed by atoms with E-state index in [0.29, 0.717) is 12.2 Å². The summed E-state index contributed by atoms with van der Waals surface area (Å²) in [6, 6.07) is 7.65. The van der Waals surface area contributed by atoms with Gasteiger partial charge in [-0.05, 0) is 55.9 Å². The van der Waals surface area contributed by atoms with Crippen LogP contribution in [0.1, 0.15) is 61.1 Å². The van der Waals surface area contributed by atoms with E-state index in [9.17, 15) is 4.79 Å². The van der Waals surface area contributed by atoms with Gasteiger partial charge in [0.25, 0.3) is 5.91 Å². The third-order valence-corrected chi connectivity index (χ3v) is 6.57. The quantitative estimate of drug-likeness (QED) is 0.755. The molecule has 30 heavy (non-hydrogen) atoms. The number of hydrogen-bond acceptors (Lipinski definition) is 4. The lowest BCUT2D eigenvalue weighted by molar-refractivity contribution is 0.0901. The average molecular weight is 411 g/mol. The van der Waals surface area contributed by atoms with Crippen LogP contribution in [0.5, 0.6) is 5.75 Å². The van der Waals surface area contributed by atoms with E-state index in [1.54, 1.807) is 6.20 Å². The first-order valence-corrected chi connectivity index (χ1v) is 11.4. The Balaban J connectivity index is 1.20. The molecule has 1 aromatic heterocycles. The molecule has 6 heteroatoms. The number of piperidine rings is 1. The molecule has 1 N–H and O–H groups in total. The number of nitrogens with one attached hydrogen (secondary N) is 1. The lowest BCUT2D eigenvalue weighted by atomic mass is 9.88. The highest BCUT2D eigenvalue weighted by Gasteiger charge is 2.24. The average Bonchev–Trinajstić information content (AvgIpc) is 3.19. The van der Waals surface area contributed by atoms with Crippen molar-refractivity contribution in [2.24, 2.45) is 13.0 Å². The molecule has 0 spiro atoms. The zero-order valence-corrected chi connectivity index (χ0v) is 18.1. The van der Waals surface area contributed by atoms with Crippen LogP contribution >= 0.6 is 0 Å². The van der Waals surface area contributed by atoms with Gasteiger partial charge < -0.3 is 19.5 Å². The van der Waals surface area contributed by atoms with Gasteiger partial charge in [0.15, 0.2) is 0 Å². The van der Waals surface area contributed by atoms with Crippen LogP contribution in [0.2, 0.25) is 0 Å². The number of aryl methyl sites for hydroxylation is 1. The van der Waals surface area contributed by atoms with Gasteiger partial charge in [-0.15, -0.1) is 0 Å². The second kappa shape index (κ2) is 10.1. The molecule has 1 aliphatic carbocycles. The van der Waals surface area contributed by atoms with Gasteiger partial charge in [0, 0.05) is 50.7 Å². The first-order chi connectivity index (χ1) is 14.7. The summed E-state index contributed by atoms with van der Waals surface area (Å²) in [7, 11) is 1.94. The normalized spacial score (nSPS) is 19.0. The van der Waals surface area contributed by atoms with Crippen LogP contribution < -0.4 is 10.1 Å². The van der Waals surface area contributed by atoms with E-state index in [4.69, 9.17) is 4.74 Å². The highest BCUT2D eigenvalue weighted by atomic mass is 16.5. The van der Waals surface area contributed by atoms with Crippen LogP contribution in [0.15, 0.2) is 36.7 Å². The molecule has 0 atom stereocenters. The number of likely N-dealkylation sites (tertiary alicyclic amines) is 1. The molecule has 1 saturated heterocycles. The van der Waals surface area contributed by atoms with Crippen molar-refractivity contribution in [1.82, 2.24) is 19.8 Å². The second-order valence-corrected chi connectivity index (χ2v) is 8.82.